The number of fused-ring (bicyclic) bond motifs is 1. The summed E-state index contributed by atoms with van der Waals surface area (Å²) >= 11 is 5.31. The highest BCUT2D eigenvalue weighted by Gasteiger charge is 2.20. The molecule has 3 rings (SSSR count). The van der Waals surface area contributed by atoms with Crippen LogP contribution in [0.1, 0.15) is 12.5 Å². The van der Waals surface area contributed by atoms with Crippen molar-refractivity contribution in [1.82, 2.24) is 14.5 Å². The normalized spacial score (nSPS) is 21.2. The molecule has 0 radical (unpaired) electrons. The van der Waals surface area contributed by atoms with Gasteiger partial charge in [0, 0.05) is 12.8 Å². The van der Waals surface area contributed by atoms with Gasteiger partial charge in [-0.1, -0.05) is 0 Å². The molecule has 15 heavy (non-hydrogen) atoms. The molecule has 0 saturated carbocycles. The summed E-state index contributed by atoms with van der Waals surface area (Å²) in [6.45, 7) is 1.58. The summed E-state index contributed by atoms with van der Waals surface area (Å²) in [4.78, 5) is 7.24. The van der Waals surface area contributed by atoms with Gasteiger partial charge < -0.3 is 14.3 Å². The Bertz CT molecular complexity index is 539. The molecule has 78 valence electrons. The fourth-order valence-electron chi connectivity index (χ4n) is 2.07. The van der Waals surface area contributed by atoms with Crippen molar-refractivity contribution in [3.05, 3.63) is 23.2 Å². The third kappa shape index (κ3) is 1.39. The highest BCUT2D eigenvalue weighted by atomic mass is 32.1. The maximum Gasteiger partial charge on any atom is 0.178 e. The van der Waals surface area contributed by atoms with Gasteiger partial charge in [-0.25, -0.2) is 0 Å². The van der Waals surface area contributed by atoms with Crippen LogP contribution in [0.5, 0.6) is 0 Å². The van der Waals surface area contributed by atoms with Crippen molar-refractivity contribution >= 4 is 23.3 Å². The molecule has 1 aliphatic rings. The molecule has 1 atom stereocenters. The Morgan fingerprint density at radius 3 is 3.33 bits per heavy atom. The van der Waals surface area contributed by atoms with Crippen LogP contribution < -0.4 is 0 Å². The van der Waals surface area contributed by atoms with E-state index in [-0.39, 0.29) is 0 Å². The van der Waals surface area contributed by atoms with E-state index in [1.165, 1.54) is 0 Å². The van der Waals surface area contributed by atoms with Crippen LogP contribution in [0.25, 0.3) is 11.0 Å². The Kier molecular flexibility index (Phi) is 2.07. The first kappa shape index (κ1) is 9.06. The molecule has 0 aliphatic carbocycles. The Labute approximate surface area is 91.9 Å². The van der Waals surface area contributed by atoms with Gasteiger partial charge in [0.25, 0.3) is 0 Å². The minimum Gasteiger partial charge on any atom is -0.379 e. The van der Waals surface area contributed by atoms with Crippen LogP contribution in [0.15, 0.2) is 18.5 Å². The first-order valence-electron chi connectivity index (χ1n) is 4.98. The predicted molar refractivity (Wildman–Crippen MR) is 59.4 cm³/mol. The van der Waals surface area contributed by atoms with E-state index in [4.69, 9.17) is 17.0 Å². The second kappa shape index (κ2) is 3.43. The summed E-state index contributed by atoms with van der Waals surface area (Å²) in [7, 11) is 0. The van der Waals surface area contributed by atoms with Crippen LogP contribution in [0, 0.1) is 4.77 Å². The predicted octanol–water partition coefficient (Wildman–Crippen LogP) is 2.06. The number of nitrogens with one attached hydrogen (secondary N) is 1. The summed E-state index contributed by atoms with van der Waals surface area (Å²) in [6, 6.07) is 2.36. The fraction of sp³-hybridized carbons (Fsp3) is 0.400. The molecule has 0 aromatic carbocycles. The molecule has 5 heteroatoms. The number of rotatable bonds is 1. The number of hydrogen-bond donors (Lipinski definition) is 1. The van der Waals surface area contributed by atoms with E-state index >= 15 is 0 Å². The van der Waals surface area contributed by atoms with Gasteiger partial charge in [-0.3, -0.25) is 4.98 Å². The molecule has 1 saturated heterocycles. The molecular formula is C10H11N3OS. The zero-order chi connectivity index (χ0) is 10.3. The van der Waals surface area contributed by atoms with E-state index in [0.29, 0.717) is 6.04 Å². The molecule has 1 N–H and O–H groups in total. The van der Waals surface area contributed by atoms with Crippen molar-refractivity contribution in [2.45, 2.75) is 12.5 Å². The zero-order valence-electron chi connectivity index (χ0n) is 8.14. The smallest absolute Gasteiger partial charge is 0.178 e. The number of hydrogen-bond acceptors (Lipinski definition) is 3. The third-order valence-electron chi connectivity index (χ3n) is 2.79. The summed E-state index contributed by atoms with van der Waals surface area (Å²) in [6.07, 6.45) is 4.62. The number of aromatic amines is 1. The molecule has 0 amide bonds. The highest BCUT2D eigenvalue weighted by Crippen LogP contribution is 2.24. The van der Waals surface area contributed by atoms with E-state index in [9.17, 15) is 0 Å². The van der Waals surface area contributed by atoms with E-state index < -0.39 is 0 Å². The molecular weight excluding hydrogens is 210 g/mol. The average molecular weight is 221 g/mol. The van der Waals surface area contributed by atoms with Gasteiger partial charge >= 0.3 is 0 Å². The second-order valence-electron chi connectivity index (χ2n) is 3.71. The number of pyridine rings is 1. The van der Waals surface area contributed by atoms with Gasteiger partial charge in [-0.05, 0) is 24.7 Å². The van der Waals surface area contributed by atoms with E-state index in [2.05, 4.69) is 14.5 Å². The number of H-pyrrole nitrogens is 1. The molecule has 1 fully saturated rings. The van der Waals surface area contributed by atoms with Crippen molar-refractivity contribution in [2.75, 3.05) is 13.2 Å². The first-order chi connectivity index (χ1) is 7.36. The monoisotopic (exact) mass is 221 g/mol. The second-order valence-corrected chi connectivity index (χ2v) is 4.10. The van der Waals surface area contributed by atoms with Crippen molar-refractivity contribution < 1.29 is 4.74 Å². The molecule has 0 spiro atoms. The zero-order valence-corrected chi connectivity index (χ0v) is 8.96. The maximum atomic E-state index is 5.39. The Morgan fingerprint density at radius 1 is 1.60 bits per heavy atom. The van der Waals surface area contributed by atoms with Crippen molar-refractivity contribution in [1.29, 1.82) is 0 Å². The van der Waals surface area contributed by atoms with Gasteiger partial charge in [-0.15, -0.1) is 0 Å². The lowest BCUT2D eigenvalue weighted by Gasteiger charge is -2.10. The van der Waals surface area contributed by atoms with Gasteiger partial charge in [0.2, 0.25) is 0 Å². The minimum absolute atomic E-state index is 0.369. The summed E-state index contributed by atoms with van der Waals surface area (Å²) in [5.41, 5.74) is 2.11. The number of aromatic nitrogens is 3. The maximum absolute atomic E-state index is 5.39. The topological polar surface area (TPSA) is 42.8 Å². The largest absolute Gasteiger partial charge is 0.379 e. The quantitative estimate of drug-likeness (QED) is 0.749. The minimum atomic E-state index is 0.369. The lowest BCUT2D eigenvalue weighted by atomic mass is 10.2. The highest BCUT2D eigenvalue weighted by molar-refractivity contribution is 7.71. The summed E-state index contributed by atoms with van der Waals surface area (Å²) < 4.78 is 8.28. The number of nitrogens with zero attached hydrogens (tertiary/aromatic N) is 2. The van der Waals surface area contributed by atoms with Crippen molar-refractivity contribution in [3.8, 4) is 0 Å². The lowest BCUT2D eigenvalue weighted by molar-refractivity contribution is 0.187. The van der Waals surface area contributed by atoms with Crippen LogP contribution in [0.2, 0.25) is 0 Å². The van der Waals surface area contributed by atoms with Crippen LogP contribution in [0.4, 0.5) is 0 Å². The molecule has 2 aromatic heterocycles. The first-order valence-corrected chi connectivity index (χ1v) is 5.39. The van der Waals surface area contributed by atoms with Gasteiger partial charge in [0.05, 0.1) is 29.9 Å². The fourth-order valence-corrected chi connectivity index (χ4v) is 2.42. The number of imidazole rings is 1. The van der Waals surface area contributed by atoms with Crippen LogP contribution in [-0.2, 0) is 4.74 Å². The molecule has 1 aliphatic heterocycles. The van der Waals surface area contributed by atoms with Crippen molar-refractivity contribution in [3.63, 3.8) is 0 Å². The van der Waals surface area contributed by atoms with E-state index in [0.717, 1.165) is 35.4 Å². The van der Waals surface area contributed by atoms with Crippen molar-refractivity contribution in [2.24, 2.45) is 0 Å². The Hall–Kier alpha value is -1.20. The standard InChI is InChI=1S/C10H11N3OS/c15-10-12-8-5-11-3-1-9(8)13(10)7-2-4-14-6-7/h1,3,5,7H,2,4,6H2,(H,12,15). The molecule has 2 aromatic rings. The molecule has 4 nitrogen and oxygen atoms in total. The Morgan fingerprint density at radius 2 is 2.53 bits per heavy atom. The van der Waals surface area contributed by atoms with Crippen LogP contribution in [-0.4, -0.2) is 27.7 Å². The van der Waals surface area contributed by atoms with Gasteiger partial charge in [0.15, 0.2) is 4.77 Å². The SMILES string of the molecule is S=c1[nH]c2cnccc2n1C1CCOC1. The molecule has 1 unspecified atom stereocenters. The third-order valence-corrected chi connectivity index (χ3v) is 3.09. The molecule has 3 heterocycles. The van der Waals surface area contributed by atoms with Crippen LogP contribution in [0.3, 0.4) is 0 Å². The average Bonchev–Trinajstić information content (AvgIpc) is 2.82. The summed E-state index contributed by atoms with van der Waals surface area (Å²) in [5.74, 6) is 0. The molecule has 0 bridgehead atoms. The van der Waals surface area contributed by atoms with Gasteiger partial charge in [-0.2, -0.15) is 0 Å². The Balaban J connectivity index is 2.23. The van der Waals surface area contributed by atoms with E-state index in [1.807, 2.05) is 6.07 Å². The number of ether oxygens (including phenoxy) is 1. The summed E-state index contributed by atoms with van der Waals surface area (Å²) in [5, 5.41) is 0. The lowest BCUT2D eigenvalue weighted by Crippen LogP contribution is -2.08. The van der Waals surface area contributed by atoms with Gasteiger partial charge in [0.1, 0.15) is 0 Å². The van der Waals surface area contributed by atoms with E-state index in [1.54, 1.807) is 12.4 Å². The van der Waals surface area contributed by atoms with Crippen LogP contribution >= 0.6 is 12.2 Å².